The molecule has 1 aromatic rings. The van der Waals surface area contributed by atoms with Crippen LogP contribution in [-0.2, 0) is 0 Å². The Bertz CT molecular complexity index is 275. The van der Waals surface area contributed by atoms with Gasteiger partial charge in [-0.25, -0.2) is 0 Å². The lowest BCUT2D eigenvalue weighted by Crippen LogP contribution is -2.08. The molecule has 0 amide bonds. The van der Waals surface area contributed by atoms with Crippen molar-refractivity contribution in [1.29, 1.82) is 0 Å². The van der Waals surface area contributed by atoms with Gasteiger partial charge in [-0.1, -0.05) is 18.5 Å². The number of benzene rings is 1. The van der Waals surface area contributed by atoms with Crippen molar-refractivity contribution in [3.8, 4) is 5.75 Å². The van der Waals surface area contributed by atoms with E-state index in [9.17, 15) is 0 Å². The van der Waals surface area contributed by atoms with Crippen LogP contribution in [0.15, 0.2) is 18.2 Å². The van der Waals surface area contributed by atoms with Crippen LogP contribution in [0.1, 0.15) is 24.9 Å². The molecule has 1 atom stereocenters. The fourth-order valence-corrected chi connectivity index (χ4v) is 1.29. The Balaban J connectivity index is 3.04. The second kappa shape index (κ2) is 3.78. The predicted octanol–water partition coefficient (Wildman–Crippen LogP) is 2.46. The molecule has 1 unspecified atom stereocenters. The highest BCUT2D eigenvalue weighted by Gasteiger charge is 2.08. The molecule has 1 rings (SSSR count). The number of hydrogen-bond donors (Lipinski definition) is 2. The minimum Gasteiger partial charge on any atom is -0.508 e. The zero-order valence-electron chi connectivity index (χ0n) is 6.92. The summed E-state index contributed by atoms with van der Waals surface area (Å²) in [5.41, 5.74) is 6.57. The number of phenolic OH excluding ortho intramolecular Hbond substituents is 1. The number of aromatic hydroxyl groups is 1. The molecule has 0 aliphatic carbocycles. The monoisotopic (exact) mass is 185 g/mol. The molecule has 2 nitrogen and oxygen atoms in total. The number of halogens is 1. The Labute approximate surface area is 77.0 Å². The van der Waals surface area contributed by atoms with Gasteiger partial charge in [0.2, 0.25) is 0 Å². The summed E-state index contributed by atoms with van der Waals surface area (Å²) in [4.78, 5) is 0. The molecule has 0 aliphatic rings. The Morgan fingerprint density at radius 1 is 1.58 bits per heavy atom. The summed E-state index contributed by atoms with van der Waals surface area (Å²) >= 11 is 5.88. The molecule has 3 heteroatoms. The van der Waals surface area contributed by atoms with Gasteiger partial charge in [0.15, 0.2) is 0 Å². The van der Waals surface area contributed by atoms with E-state index < -0.39 is 0 Å². The first-order valence-corrected chi connectivity index (χ1v) is 4.27. The Kier molecular flexibility index (Phi) is 2.95. The summed E-state index contributed by atoms with van der Waals surface area (Å²) in [6.07, 6.45) is 0.809. The largest absolute Gasteiger partial charge is 0.508 e. The van der Waals surface area contributed by atoms with E-state index in [-0.39, 0.29) is 11.8 Å². The standard InChI is InChI=1S/C9H12ClNO/c1-2-9(11)7-5-6(12)3-4-8(7)10/h3-5,9,12H,2,11H2,1H3. The quantitative estimate of drug-likeness (QED) is 0.744. The third kappa shape index (κ3) is 1.90. The molecule has 0 heterocycles. The van der Waals surface area contributed by atoms with Crippen molar-refractivity contribution in [3.05, 3.63) is 28.8 Å². The van der Waals surface area contributed by atoms with Gasteiger partial charge in [0.05, 0.1) is 0 Å². The van der Waals surface area contributed by atoms with Gasteiger partial charge in [-0.3, -0.25) is 0 Å². The molecule has 0 saturated heterocycles. The zero-order valence-corrected chi connectivity index (χ0v) is 7.67. The summed E-state index contributed by atoms with van der Waals surface area (Å²) in [6, 6.07) is 4.72. The molecule has 3 N–H and O–H groups in total. The smallest absolute Gasteiger partial charge is 0.116 e. The molecule has 0 spiro atoms. The normalized spacial score (nSPS) is 12.9. The second-order valence-electron chi connectivity index (χ2n) is 2.72. The van der Waals surface area contributed by atoms with Gasteiger partial charge in [0.25, 0.3) is 0 Å². The Morgan fingerprint density at radius 3 is 2.83 bits per heavy atom. The highest BCUT2D eigenvalue weighted by atomic mass is 35.5. The first-order chi connectivity index (χ1) is 5.65. The van der Waals surface area contributed by atoms with E-state index in [0.29, 0.717) is 5.02 Å². The maximum absolute atomic E-state index is 9.17. The maximum atomic E-state index is 9.17. The fraction of sp³-hybridized carbons (Fsp3) is 0.333. The third-order valence-electron chi connectivity index (χ3n) is 1.82. The van der Waals surface area contributed by atoms with Crippen LogP contribution >= 0.6 is 11.6 Å². The van der Waals surface area contributed by atoms with Crippen LogP contribution in [0.3, 0.4) is 0 Å². The van der Waals surface area contributed by atoms with Crippen LogP contribution in [0.5, 0.6) is 5.75 Å². The maximum Gasteiger partial charge on any atom is 0.116 e. The summed E-state index contributed by atoms with van der Waals surface area (Å²) in [6.45, 7) is 1.98. The zero-order chi connectivity index (χ0) is 9.14. The second-order valence-corrected chi connectivity index (χ2v) is 3.13. The molecule has 66 valence electrons. The molecule has 12 heavy (non-hydrogen) atoms. The van der Waals surface area contributed by atoms with Gasteiger partial charge in [0.1, 0.15) is 5.75 Å². The van der Waals surface area contributed by atoms with E-state index in [2.05, 4.69) is 0 Å². The van der Waals surface area contributed by atoms with Gasteiger partial charge >= 0.3 is 0 Å². The van der Waals surface area contributed by atoms with Gasteiger partial charge in [-0.2, -0.15) is 0 Å². The minimum absolute atomic E-state index is 0.0930. The SMILES string of the molecule is CCC(N)c1cc(O)ccc1Cl. The van der Waals surface area contributed by atoms with Crippen molar-refractivity contribution in [1.82, 2.24) is 0 Å². The predicted molar refractivity (Wildman–Crippen MR) is 50.3 cm³/mol. The van der Waals surface area contributed by atoms with Crippen molar-refractivity contribution in [3.63, 3.8) is 0 Å². The summed E-state index contributed by atoms with van der Waals surface area (Å²) < 4.78 is 0. The molecule has 0 aromatic heterocycles. The summed E-state index contributed by atoms with van der Waals surface area (Å²) in [5.74, 6) is 0.207. The lowest BCUT2D eigenvalue weighted by molar-refractivity contribution is 0.473. The first kappa shape index (κ1) is 9.36. The summed E-state index contributed by atoms with van der Waals surface area (Å²) in [7, 11) is 0. The highest BCUT2D eigenvalue weighted by Crippen LogP contribution is 2.26. The Hall–Kier alpha value is -0.730. The van der Waals surface area contributed by atoms with E-state index in [1.54, 1.807) is 18.2 Å². The molecular formula is C9H12ClNO. The van der Waals surface area contributed by atoms with Crippen LogP contribution in [-0.4, -0.2) is 5.11 Å². The lowest BCUT2D eigenvalue weighted by atomic mass is 10.1. The number of phenols is 1. The number of rotatable bonds is 2. The average Bonchev–Trinajstić information content (AvgIpc) is 2.08. The molecule has 0 bridgehead atoms. The van der Waals surface area contributed by atoms with E-state index in [1.165, 1.54) is 0 Å². The Morgan fingerprint density at radius 2 is 2.25 bits per heavy atom. The van der Waals surface area contributed by atoms with Crippen LogP contribution in [0, 0.1) is 0 Å². The average molecular weight is 186 g/mol. The minimum atomic E-state index is -0.0930. The lowest BCUT2D eigenvalue weighted by Gasteiger charge is -2.10. The van der Waals surface area contributed by atoms with Gasteiger partial charge in [0, 0.05) is 11.1 Å². The number of nitrogens with two attached hydrogens (primary N) is 1. The molecule has 1 aromatic carbocycles. The van der Waals surface area contributed by atoms with Crippen LogP contribution in [0.25, 0.3) is 0 Å². The van der Waals surface area contributed by atoms with Gasteiger partial charge < -0.3 is 10.8 Å². The van der Waals surface area contributed by atoms with Gasteiger partial charge in [-0.05, 0) is 30.2 Å². The topological polar surface area (TPSA) is 46.2 Å². The van der Waals surface area contributed by atoms with Crippen LogP contribution in [0.2, 0.25) is 5.02 Å². The van der Waals surface area contributed by atoms with E-state index in [4.69, 9.17) is 22.4 Å². The number of hydrogen-bond acceptors (Lipinski definition) is 2. The van der Waals surface area contributed by atoms with E-state index >= 15 is 0 Å². The molecule has 0 fully saturated rings. The molecule has 0 radical (unpaired) electrons. The van der Waals surface area contributed by atoms with Crippen molar-refractivity contribution in [2.24, 2.45) is 5.73 Å². The van der Waals surface area contributed by atoms with Crippen LogP contribution < -0.4 is 5.73 Å². The highest BCUT2D eigenvalue weighted by molar-refractivity contribution is 6.31. The third-order valence-corrected chi connectivity index (χ3v) is 2.16. The van der Waals surface area contributed by atoms with E-state index in [0.717, 1.165) is 12.0 Å². The van der Waals surface area contributed by atoms with Crippen LogP contribution in [0.4, 0.5) is 0 Å². The molecule has 0 aliphatic heterocycles. The van der Waals surface area contributed by atoms with Crippen molar-refractivity contribution >= 4 is 11.6 Å². The van der Waals surface area contributed by atoms with Crippen molar-refractivity contribution < 1.29 is 5.11 Å². The summed E-state index contributed by atoms with van der Waals surface area (Å²) in [5, 5.41) is 9.78. The first-order valence-electron chi connectivity index (χ1n) is 3.89. The molecular weight excluding hydrogens is 174 g/mol. The fourth-order valence-electron chi connectivity index (χ4n) is 1.04. The molecule has 0 saturated carbocycles. The van der Waals surface area contributed by atoms with E-state index in [1.807, 2.05) is 6.92 Å². The van der Waals surface area contributed by atoms with Crippen molar-refractivity contribution in [2.45, 2.75) is 19.4 Å². The van der Waals surface area contributed by atoms with Crippen molar-refractivity contribution in [2.75, 3.05) is 0 Å². The van der Waals surface area contributed by atoms with Gasteiger partial charge in [-0.15, -0.1) is 0 Å².